The molecule has 3 heteroatoms. The lowest BCUT2D eigenvalue weighted by Crippen LogP contribution is -2.00. The fourth-order valence-corrected chi connectivity index (χ4v) is 2.53. The normalized spacial score (nSPS) is 10.7. The number of benzene rings is 3. The van der Waals surface area contributed by atoms with Gasteiger partial charge in [0.2, 0.25) is 0 Å². The minimum atomic E-state index is -0.336. The topological polar surface area (TPSA) is 35.5 Å². The Labute approximate surface area is 153 Å². The lowest BCUT2D eigenvalue weighted by Gasteiger charge is -2.10. The lowest BCUT2D eigenvalue weighted by atomic mass is 10.1. The molecule has 0 bridgehead atoms. The van der Waals surface area contributed by atoms with Crippen molar-refractivity contribution in [2.45, 2.75) is 6.92 Å². The van der Waals surface area contributed by atoms with Crippen molar-refractivity contribution in [3.05, 3.63) is 95.1 Å². The molecule has 3 aromatic carbocycles. The number of carbonyl (C=O) groups excluding carboxylic acids is 1. The van der Waals surface area contributed by atoms with Gasteiger partial charge in [0.15, 0.2) is 0 Å². The first-order valence-corrected chi connectivity index (χ1v) is 8.36. The fraction of sp³-hybridized carbons (Fsp3) is 0.0870. The minimum absolute atomic E-state index is 0.336. The molecule has 130 valence electrons. The van der Waals surface area contributed by atoms with Crippen LogP contribution in [0.25, 0.3) is 12.2 Å². The SMILES string of the molecule is COC(=O)c1ccc(C=Cc2ccccc2Oc2ccccc2C)cc1. The number of ether oxygens (including phenoxy) is 2. The average Bonchev–Trinajstić information content (AvgIpc) is 2.69. The van der Waals surface area contributed by atoms with Gasteiger partial charge in [-0.25, -0.2) is 4.79 Å². The molecule has 0 spiro atoms. The quantitative estimate of drug-likeness (QED) is 0.437. The molecule has 0 aliphatic rings. The van der Waals surface area contributed by atoms with Crippen LogP contribution in [-0.2, 0) is 4.74 Å². The summed E-state index contributed by atoms with van der Waals surface area (Å²) in [4.78, 5) is 11.5. The van der Waals surface area contributed by atoms with Crippen molar-refractivity contribution in [1.29, 1.82) is 0 Å². The van der Waals surface area contributed by atoms with E-state index in [1.54, 1.807) is 12.1 Å². The molecule has 0 radical (unpaired) electrons. The van der Waals surface area contributed by atoms with E-state index in [2.05, 4.69) is 0 Å². The molecule has 3 nitrogen and oxygen atoms in total. The van der Waals surface area contributed by atoms with Gasteiger partial charge in [0.1, 0.15) is 11.5 Å². The number of carbonyl (C=O) groups is 1. The highest BCUT2D eigenvalue weighted by atomic mass is 16.5. The summed E-state index contributed by atoms with van der Waals surface area (Å²) < 4.78 is 10.8. The second-order valence-electron chi connectivity index (χ2n) is 5.85. The summed E-state index contributed by atoms with van der Waals surface area (Å²) in [5, 5.41) is 0. The fourth-order valence-electron chi connectivity index (χ4n) is 2.53. The van der Waals surface area contributed by atoms with Crippen molar-refractivity contribution in [1.82, 2.24) is 0 Å². The van der Waals surface area contributed by atoms with Crippen molar-refractivity contribution in [2.75, 3.05) is 7.11 Å². The van der Waals surface area contributed by atoms with Gasteiger partial charge >= 0.3 is 5.97 Å². The third-order valence-corrected chi connectivity index (χ3v) is 4.02. The van der Waals surface area contributed by atoms with Crippen molar-refractivity contribution in [3.8, 4) is 11.5 Å². The van der Waals surface area contributed by atoms with Gasteiger partial charge < -0.3 is 9.47 Å². The Morgan fingerprint density at radius 3 is 2.15 bits per heavy atom. The minimum Gasteiger partial charge on any atom is -0.465 e. The highest BCUT2D eigenvalue weighted by Crippen LogP contribution is 2.28. The predicted octanol–water partition coefficient (Wildman–Crippen LogP) is 5.74. The summed E-state index contributed by atoms with van der Waals surface area (Å²) in [6.45, 7) is 2.02. The van der Waals surface area contributed by atoms with Crippen LogP contribution in [0.15, 0.2) is 72.8 Å². The van der Waals surface area contributed by atoms with E-state index >= 15 is 0 Å². The molecule has 0 aliphatic carbocycles. The van der Waals surface area contributed by atoms with Crippen LogP contribution >= 0.6 is 0 Å². The number of hydrogen-bond donors (Lipinski definition) is 0. The van der Waals surface area contributed by atoms with Crippen molar-refractivity contribution < 1.29 is 14.3 Å². The molecule has 26 heavy (non-hydrogen) atoms. The zero-order chi connectivity index (χ0) is 18.4. The first kappa shape index (κ1) is 17.5. The van der Waals surface area contributed by atoms with Crippen LogP contribution in [0.3, 0.4) is 0 Å². The van der Waals surface area contributed by atoms with Gasteiger partial charge in [-0.1, -0.05) is 60.7 Å². The van der Waals surface area contributed by atoms with Crippen molar-refractivity contribution in [3.63, 3.8) is 0 Å². The number of rotatable bonds is 5. The van der Waals surface area contributed by atoms with E-state index in [1.807, 2.05) is 79.7 Å². The van der Waals surface area contributed by atoms with Gasteiger partial charge in [0, 0.05) is 5.56 Å². The summed E-state index contributed by atoms with van der Waals surface area (Å²) in [5.74, 6) is 1.30. The molecular formula is C23H20O3. The first-order chi connectivity index (χ1) is 12.7. The summed E-state index contributed by atoms with van der Waals surface area (Å²) in [6, 6.07) is 23.1. The van der Waals surface area contributed by atoms with Crippen LogP contribution in [0.4, 0.5) is 0 Å². The third kappa shape index (κ3) is 4.19. The van der Waals surface area contributed by atoms with E-state index in [9.17, 15) is 4.79 Å². The Hall–Kier alpha value is -3.33. The Morgan fingerprint density at radius 2 is 1.46 bits per heavy atom. The van der Waals surface area contributed by atoms with Crippen molar-refractivity contribution >= 4 is 18.1 Å². The Morgan fingerprint density at radius 1 is 0.808 bits per heavy atom. The molecule has 0 N–H and O–H groups in total. The molecule has 0 atom stereocenters. The highest BCUT2D eigenvalue weighted by molar-refractivity contribution is 5.89. The summed E-state index contributed by atoms with van der Waals surface area (Å²) in [6.07, 6.45) is 3.99. The van der Waals surface area contributed by atoms with Gasteiger partial charge in [-0.05, 0) is 42.3 Å². The maximum Gasteiger partial charge on any atom is 0.337 e. The van der Waals surface area contributed by atoms with Crippen LogP contribution in [0.5, 0.6) is 11.5 Å². The number of para-hydroxylation sites is 2. The molecule has 0 heterocycles. The van der Waals surface area contributed by atoms with E-state index in [0.29, 0.717) is 5.56 Å². The molecule has 3 aromatic rings. The third-order valence-electron chi connectivity index (χ3n) is 4.02. The molecular weight excluding hydrogens is 324 g/mol. The van der Waals surface area contributed by atoms with Gasteiger partial charge in [-0.15, -0.1) is 0 Å². The number of methoxy groups -OCH3 is 1. The smallest absolute Gasteiger partial charge is 0.337 e. The zero-order valence-corrected chi connectivity index (χ0v) is 14.8. The predicted molar refractivity (Wildman–Crippen MR) is 104 cm³/mol. The summed E-state index contributed by atoms with van der Waals surface area (Å²) >= 11 is 0. The van der Waals surface area contributed by atoms with E-state index in [1.165, 1.54) is 7.11 Å². The van der Waals surface area contributed by atoms with Gasteiger partial charge in [0.25, 0.3) is 0 Å². The van der Waals surface area contributed by atoms with Crippen LogP contribution in [-0.4, -0.2) is 13.1 Å². The van der Waals surface area contributed by atoms with E-state index < -0.39 is 0 Å². The number of hydrogen-bond acceptors (Lipinski definition) is 3. The summed E-state index contributed by atoms with van der Waals surface area (Å²) in [7, 11) is 1.38. The van der Waals surface area contributed by atoms with Gasteiger partial charge in [-0.3, -0.25) is 0 Å². The standard InChI is InChI=1S/C23H20O3/c1-17-7-3-5-9-21(17)26-22-10-6-4-8-19(22)14-11-18-12-15-20(16-13-18)23(24)25-2/h3-16H,1-2H3. The monoisotopic (exact) mass is 344 g/mol. The van der Waals surface area contributed by atoms with Crippen LogP contribution in [0.1, 0.15) is 27.0 Å². The second kappa shape index (κ2) is 8.17. The molecule has 0 saturated carbocycles. The molecule has 0 aliphatic heterocycles. The maximum absolute atomic E-state index is 11.5. The first-order valence-electron chi connectivity index (χ1n) is 8.36. The average molecular weight is 344 g/mol. The zero-order valence-electron chi connectivity index (χ0n) is 14.8. The molecule has 3 rings (SSSR count). The van der Waals surface area contributed by atoms with Gasteiger partial charge in [-0.2, -0.15) is 0 Å². The Kier molecular flexibility index (Phi) is 5.49. The largest absolute Gasteiger partial charge is 0.465 e. The summed E-state index contributed by atoms with van der Waals surface area (Å²) in [5.41, 5.74) is 3.59. The Bertz CT molecular complexity index is 924. The van der Waals surface area contributed by atoms with Crippen LogP contribution in [0, 0.1) is 6.92 Å². The molecule has 0 unspecified atom stereocenters. The molecule has 0 fully saturated rings. The van der Waals surface area contributed by atoms with Crippen molar-refractivity contribution in [2.24, 2.45) is 0 Å². The molecule has 0 saturated heterocycles. The van der Waals surface area contributed by atoms with Crippen LogP contribution in [0.2, 0.25) is 0 Å². The van der Waals surface area contributed by atoms with E-state index in [0.717, 1.165) is 28.2 Å². The molecule has 0 aromatic heterocycles. The van der Waals surface area contributed by atoms with E-state index in [4.69, 9.17) is 9.47 Å². The number of esters is 1. The lowest BCUT2D eigenvalue weighted by molar-refractivity contribution is 0.0600. The van der Waals surface area contributed by atoms with Gasteiger partial charge in [0.05, 0.1) is 12.7 Å². The second-order valence-corrected chi connectivity index (χ2v) is 5.85. The molecule has 0 amide bonds. The van der Waals surface area contributed by atoms with Crippen LogP contribution < -0.4 is 4.74 Å². The number of aryl methyl sites for hydroxylation is 1. The highest BCUT2D eigenvalue weighted by Gasteiger charge is 2.05. The Balaban J connectivity index is 1.81. The van der Waals surface area contributed by atoms with E-state index in [-0.39, 0.29) is 5.97 Å². The maximum atomic E-state index is 11.5.